The van der Waals surface area contributed by atoms with Crippen LogP contribution in [0.1, 0.15) is 239 Å². The van der Waals surface area contributed by atoms with Gasteiger partial charge >= 0.3 is 11.9 Å². The maximum Gasteiger partial charge on any atom is 0.306 e. The summed E-state index contributed by atoms with van der Waals surface area (Å²) in [5, 5.41) is 9.57. The lowest BCUT2D eigenvalue weighted by Gasteiger charge is -2.21. The highest BCUT2D eigenvalue weighted by molar-refractivity contribution is 7.99. The van der Waals surface area contributed by atoms with E-state index >= 15 is 0 Å². The Hall–Kier alpha value is -0.790. The zero-order chi connectivity index (χ0) is 39.4. The summed E-state index contributed by atoms with van der Waals surface area (Å²) >= 11 is 1.92. The molecule has 0 saturated heterocycles. The van der Waals surface area contributed by atoms with Crippen LogP contribution in [0, 0.1) is 0 Å². The molecule has 322 valence electrons. The van der Waals surface area contributed by atoms with Crippen molar-refractivity contribution in [3.8, 4) is 0 Å². The molecule has 0 aliphatic rings. The van der Waals surface area contributed by atoms with Gasteiger partial charge in [0.1, 0.15) is 12.7 Å². The van der Waals surface area contributed by atoms with Crippen molar-refractivity contribution >= 4 is 23.7 Å². The van der Waals surface area contributed by atoms with Crippen molar-refractivity contribution in [1.82, 2.24) is 4.90 Å². The van der Waals surface area contributed by atoms with Crippen LogP contribution in [0.25, 0.3) is 0 Å². The molecule has 0 saturated carbocycles. The molecule has 0 bridgehead atoms. The van der Waals surface area contributed by atoms with Gasteiger partial charge in [0, 0.05) is 25.1 Å². The lowest BCUT2D eigenvalue weighted by Crippen LogP contribution is -2.29. The van der Waals surface area contributed by atoms with E-state index in [9.17, 15) is 14.7 Å². The fourth-order valence-corrected chi connectivity index (χ4v) is 8.10. The van der Waals surface area contributed by atoms with Crippen LogP contribution in [0.4, 0.5) is 0 Å². The first-order chi connectivity index (χ1) is 26.6. The summed E-state index contributed by atoms with van der Waals surface area (Å²) in [7, 11) is 0. The summed E-state index contributed by atoms with van der Waals surface area (Å²) in [6, 6.07) is 0. The number of hydrogen-bond acceptors (Lipinski definition) is 7. The molecule has 0 heterocycles. The lowest BCUT2D eigenvalue weighted by molar-refractivity contribution is -0.150. The number of unbranched alkanes of at least 4 members (excludes halogenated alkanes) is 25. The molecule has 1 N–H and O–H groups in total. The predicted octanol–water partition coefficient (Wildman–Crippen LogP) is 13.8. The number of hydrogen-bond donors (Lipinski definition) is 1. The van der Waals surface area contributed by atoms with Crippen molar-refractivity contribution in [1.29, 1.82) is 0 Å². The van der Waals surface area contributed by atoms with Gasteiger partial charge in [0.15, 0.2) is 0 Å². The Kier molecular flexibility index (Phi) is 44.3. The minimum absolute atomic E-state index is 0.0139. The minimum Gasteiger partial charge on any atom is -0.465 e. The molecule has 0 atom stereocenters. The number of thioether (sulfide) groups is 1. The van der Waals surface area contributed by atoms with Gasteiger partial charge in [-0.2, -0.15) is 11.8 Å². The van der Waals surface area contributed by atoms with Gasteiger partial charge in [-0.15, -0.1) is 0 Å². The van der Waals surface area contributed by atoms with E-state index in [1.54, 1.807) is 0 Å². The van der Waals surface area contributed by atoms with Crippen molar-refractivity contribution < 1.29 is 24.2 Å². The Balaban J connectivity index is 3.87. The van der Waals surface area contributed by atoms with Crippen LogP contribution in [0.15, 0.2) is 0 Å². The molecule has 0 aromatic heterocycles. The van der Waals surface area contributed by atoms with Gasteiger partial charge in [0.05, 0.1) is 6.61 Å². The maximum atomic E-state index is 12.7. The van der Waals surface area contributed by atoms with Crippen molar-refractivity contribution in [3.63, 3.8) is 0 Å². The second-order valence-electron chi connectivity index (χ2n) is 16.1. The Morgan fingerprint density at radius 1 is 0.481 bits per heavy atom. The average Bonchev–Trinajstić information content (AvgIpc) is 3.16. The van der Waals surface area contributed by atoms with Crippen LogP contribution >= 0.6 is 11.8 Å². The summed E-state index contributed by atoms with van der Waals surface area (Å²) in [5.74, 6) is 2.08. The second-order valence-corrected chi connectivity index (χ2v) is 17.4. The third kappa shape index (κ3) is 40.9. The van der Waals surface area contributed by atoms with E-state index in [0.29, 0.717) is 19.4 Å². The predicted molar refractivity (Wildman–Crippen MR) is 236 cm³/mol. The summed E-state index contributed by atoms with van der Waals surface area (Å²) in [5.41, 5.74) is 0. The average molecular weight is 784 g/mol. The van der Waals surface area contributed by atoms with E-state index in [0.717, 1.165) is 89.6 Å². The highest BCUT2D eigenvalue weighted by Gasteiger charge is 2.14. The molecule has 7 heteroatoms. The number of carbonyl (C=O) groups excluding carboxylic acids is 2. The first-order valence-electron chi connectivity index (χ1n) is 23.8. The molecule has 0 aliphatic carbocycles. The summed E-state index contributed by atoms with van der Waals surface area (Å²) in [6.07, 6.45) is 40.4. The van der Waals surface area contributed by atoms with Gasteiger partial charge in [0.25, 0.3) is 0 Å². The normalized spacial score (nSPS) is 11.6. The van der Waals surface area contributed by atoms with Gasteiger partial charge in [-0.3, -0.25) is 9.59 Å². The third-order valence-electron chi connectivity index (χ3n) is 10.8. The van der Waals surface area contributed by atoms with E-state index in [-0.39, 0.29) is 24.6 Å². The van der Waals surface area contributed by atoms with Crippen LogP contribution in [0.3, 0.4) is 0 Å². The lowest BCUT2D eigenvalue weighted by atomic mass is 10.0. The molecule has 0 aromatic rings. The monoisotopic (exact) mass is 784 g/mol. The van der Waals surface area contributed by atoms with Gasteiger partial charge in [-0.25, -0.2) is 0 Å². The topological polar surface area (TPSA) is 76.1 Å². The fraction of sp³-hybridized carbons (Fsp3) is 0.957. The largest absolute Gasteiger partial charge is 0.465 e. The molecule has 6 nitrogen and oxygen atoms in total. The maximum absolute atomic E-state index is 12.7. The molecule has 0 amide bonds. The molecule has 0 aromatic carbocycles. The van der Waals surface area contributed by atoms with Gasteiger partial charge < -0.3 is 19.5 Å². The smallest absolute Gasteiger partial charge is 0.306 e. The zero-order valence-corrected chi connectivity index (χ0v) is 37.3. The number of esters is 2. The number of nitrogens with zero attached hydrogens (tertiary/aromatic N) is 1. The van der Waals surface area contributed by atoms with Crippen molar-refractivity contribution in [3.05, 3.63) is 0 Å². The molecular weight excluding hydrogens is 691 g/mol. The van der Waals surface area contributed by atoms with Gasteiger partial charge in [-0.1, -0.05) is 168 Å². The molecule has 0 rings (SSSR count). The van der Waals surface area contributed by atoms with Gasteiger partial charge in [-0.05, 0) is 76.6 Å². The molecule has 0 radical (unpaired) electrons. The van der Waals surface area contributed by atoms with Crippen molar-refractivity contribution in [2.24, 2.45) is 0 Å². The number of aliphatic hydroxyl groups is 1. The Bertz CT molecular complexity index is 752. The van der Waals surface area contributed by atoms with E-state index in [1.165, 1.54) is 147 Å². The first kappa shape index (κ1) is 53.2. The number of rotatable bonds is 45. The fourth-order valence-electron chi connectivity index (χ4n) is 7.29. The second kappa shape index (κ2) is 44.9. The highest BCUT2D eigenvalue weighted by Crippen LogP contribution is 2.19. The van der Waals surface area contributed by atoms with E-state index in [1.807, 2.05) is 11.8 Å². The SMILES string of the molecule is CCCCCCCCCCSCCOC(=O)CCCCCCCN(CCO)CCCCCCCC(=O)OC(CCCCCCCC)CCCCCCCC. The molecule has 0 unspecified atom stereocenters. The van der Waals surface area contributed by atoms with Crippen LogP contribution in [-0.4, -0.2) is 72.4 Å². The molecular formula is C47H93NO5S. The summed E-state index contributed by atoms with van der Waals surface area (Å²) in [6.45, 7) is 10.4. The highest BCUT2D eigenvalue weighted by atomic mass is 32.2. The van der Waals surface area contributed by atoms with E-state index < -0.39 is 0 Å². The number of ether oxygens (including phenoxy) is 2. The van der Waals surface area contributed by atoms with E-state index in [2.05, 4.69) is 25.7 Å². The summed E-state index contributed by atoms with van der Waals surface area (Å²) in [4.78, 5) is 27.2. The zero-order valence-electron chi connectivity index (χ0n) is 36.5. The Labute approximate surface area is 341 Å². The summed E-state index contributed by atoms with van der Waals surface area (Å²) < 4.78 is 11.5. The Morgan fingerprint density at radius 3 is 1.37 bits per heavy atom. The molecule has 0 spiro atoms. The Morgan fingerprint density at radius 2 is 0.889 bits per heavy atom. The number of carbonyl (C=O) groups is 2. The van der Waals surface area contributed by atoms with E-state index in [4.69, 9.17) is 9.47 Å². The van der Waals surface area contributed by atoms with Gasteiger partial charge in [0.2, 0.25) is 0 Å². The molecule has 0 fully saturated rings. The van der Waals surface area contributed by atoms with Crippen molar-refractivity contribution in [2.75, 3.05) is 44.4 Å². The first-order valence-corrected chi connectivity index (χ1v) is 25.0. The third-order valence-corrected chi connectivity index (χ3v) is 11.8. The number of aliphatic hydroxyl groups excluding tert-OH is 1. The molecule has 54 heavy (non-hydrogen) atoms. The van der Waals surface area contributed by atoms with Crippen LogP contribution < -0.4 is 0 Å². The molecule has 0 aliphatic heterocycles. The minimum atomic E-state index is -0.0389. The van der Waals surface area contributed by atoms with Crippen LogP contribution in [0.2, 0.25) is 0 Å². The van der Waals surface area contributed by atoms with Crippen molar-refractivity contribution in [2.45, 2.75) is 245 Å². The van der Waals surface area contributed by atoms with Crippen LogP contribution in [0.5, 0.6) is 0 Å². The standard InChI is InChI=1S/C47H93NO5S/c1-4-7-10-13-16-17-26-33-43-54-44-42-52-46(50)36-29-22-18-24-31-38-48(40-41-49)39-32-25-19-23-30-37-47(51)53-45(34-27-20-14-11-8-5-2)35-28-21-15-12-9-6-3/h45,49H,4-44H2,1-3H3. The quantitative estimate of drug-likeness (QED) is 0.0487. The van der Waals surface area contributed by atoms with Crippen LogP contribution in [-0.2, 0) is 19.1 Å².